The monoisotopic (exact) mass is 296 g/mol. The van der Waals surface area contributed by atoms with Gasteiger partial charge in [-0.25, -0.2) is 4.79 Å². The molecule has 2 bridgehead atoms. The number of allylic oxidation sites excluding steroid dienone is 3. The van der Waals surface area contributed by atoms with Gasteiger partial charge in [-0.05, 0) is 32.1 Å². The van der Waals surface area contributed by atoms with E-state index in [4.69, 9.17) is 14.9 Å². The molecule has 0 spiro atoms. The maximum Gasteiger partial charge on any atom is 0.343 e. The number of fused-ring (bicyclic) bond motifs is 3. The van der Waals surface area contributed by atoms with E-state index in [-0.39, 0.29) is 17.2 Å². The van der Waals surface area contributed by atoms with Crippen LogP contribution in [0.25, 0.3) is 0 Å². The zero-order valence-electron chi connectivity index (χ0n) is 12.3. The Morgan fingerprint density at radius 3 is 2.91 bits per heavy atom. The largest absolute Gasteiger partial charge is 0.440 e. The highest BCUT2D eigenvalue weighted by Gasteiger charge is 2.52. The lowest BCUT2D eigenvalue weighted by atomic mass is 9.68. The molecule has 4 rings (SSSR count). The van der Waals surface area contributed by atoms with Crippen molar-refractivity contribution in [3.63, 3.8) is 0 Å². The fraction of sp³-hybridized carbons (Fsp3) is 0.412. The van der Waals surface area contributed by atoms with Crippen LogP contribution in [-0.4, -0.2) is 0 Å². The molecule has 112 valence electrons. The molecule has 5 heteroatoms. The molecular weight excluding hydrogens is 280 g/mol. The SMILES string of the molecule is Cc1cc2c(c(=O)o1)[C@H]([C@@]13C=C[C@@H](CC1)C3)C(C#N)=C(N)O2. The van der Waals surface area contributed by atoms with Gasteiger partial charge in [0, 0.05) is 17.4 Å². The van der Waals surface area contributed by atoms with Gasteiger partial charge in [-0.2, -0.15) is 5.26 Å². The van der Waals surface area contributed by atoms with Crippen LogP contribution in [0.1, 0.15) is 36.5 Å². The van der Waals surface area contributed by atoms with Crippen LogP contribution in [0.4, 0.5) is 0 Å². The van der Waals surface area contributed by atoms with E-state index >= 15 is 0 Å². The van der Waals surface area contributed by atoms with Crippen molar-refractivity contribution < 1.29 is 9.15 Å². The average molecular weight is 296 g/mol. The second kappa shape index (κ2) is 4.26. The van der Waals surface area contributed by atoms with Crippen LogP contribution in [0.5, 0.6) is 5.75 Å². The third kappa shape index (κ3) is 1.61. The lowest BCUT2D eigenvalue weighted by molar-refractivity contribution is 0.292. The van der Waals surface area contributed by atoms with Crippen molar-refractivity contribution >= 4 is 0 Å². The van der Waals surface area contributed by atoms with Gasteiger partial charge in [-0.15, -0.1) is 0 Å². The van der Waals surface area contributed by atoms with Crippen LogP contribution in [0, 0.1) is 29.6 Å². The second-order valence-corrected chi connectivity index (χ2v) is 6.44. The van der Waals surface area contributed by atoms with E-state index in [2.05, 4.69) is 18.2 Å². The smallest absolute Gasteiger partial charge is 0.343 e. The van der Waals surface area contributed by atoms with Crippen LogP contribution in [0.15, 0.2) is 38.9 Å². The molecule has 1 aromatic rings. The Balaban J connectivity index is 1.98. The quantitative estimate of drug-likeness (QED) is 0.804. The van der Waals surface area contributed by atoms with Gasteiger partial charge in [0.2, 0.25) is 5.88 Å². The molecule has 0 radical (unpaired) electrons. The van der Waals surface area contributed by atoms with Gasteiger partial charge >= 0.3 is 5.63 Å². The molecule has 0 amide bonds. The first kappa shape index (κ1) is 13.2. The summed E-state index contributed by atoms with van der Waals surface area (Å²) in [4.78, 5) is 12.4. The topological polar surface area (TPSA) is 89.2 Å². The highest BCUT2D eigenvalue weighted by Crippen LogP contribution is 2.60. The summed E-state index contributed by atoms with van der Waals surface area (Å²) in [6, 6.07) is 3.83. The molecule has 2 aliphatic carbocycles. The Labute approximate surface area is 127 Å². The lowest BCUT2D eigenvalue weighted by Gasteiger charge is -2.36. The molecule has 0 saturated heterocycles. The summed E-state index contributed by atoms with van der Waals surface area (Å²) >= 11 is 0. The average Bonchev–Trinajstić information content (AvgIpc) is 3.07. The Hall–Kier alpha value is -2.48. The summed E-state index contributed by atoms with van der Waals surface area (Å²) in [6.07, 6.45) is 7.33. The predicted octanol–water partition coefficient (Wildman–Crippen LogP) is 2.47. The maximum absolute atomic E-state index is 12.4. The van der Waals surface area contributed by atoms with Gasteiger partial charge in [0.1, 0.15) is 17.6 Å². The molecule has 22 heavy (non-hydrogen) atoms. The van der Waals surface area contributed by atoms with Crippen LogP contribution in [0.3, 0.4) is 0 Å². The Bertz CT molecular complexity index is 827. The Kier molecular flexibility index (Phi) is 2.56. The van der Waals surface area contributed by atoms with Crippen LogP contribution >= 0.6 is 0 Å². The summed E-state index contributed by atoms with van der Waals surface area (Å²) < 4.78 is 10.8. The van der Waals surface area contributed by atoms with Crippen molar-refractivity contribution in [3.05, 3.63) is 51.4 Å². The summed E-state index contributed by atoms with van der Waals surface area (Å²) in [6.45, 7) is 1.69. The number of nitriles is 1. The first-order valence-electron chi connectivity index (χ1n) is 7.46. The zero-order valence-corrected chi connectivity index (χ0v) is 12.3. The number of hydrogen-bond acceptors (Lipinski definition) is 5. The molecule has 2 heterocycles. The maximum atomic E-state index is 12.4. The van der Waals surface area contributed by atoms with Gasteiger partial charge in [0.05, 0.1) is 11.1 Å². The van der Waals surface area contributed by atoms with Crippen molar-refractivity contribution in [2.45, 2.75) is 32.1 Å². The summed E-state index contributed by atoms with van der Waals surface area (Å²) in [5.41, 5.74) is 6.09. The summed E-state index contributed by atoms with van der Waals surface area (Å²) in [5, 5.41) is 9.56. The van der Waals surface area contributed by atoms with Crippen molar-refractivity contribution in [1.82, 2.24) is 0 Å². The van der Waals surface area contributed by atoms with Gasteiger partial charge < -0.3 is 14.9 Å². The highest BCUT2D eigenvalue weighted by atomic mass is 16.5. The number of aryl methyl sites for hydroxylation is 1. The summed E-state index contributed by atoms with van der Waals surface area (Å²) in [5.74, 6) is 1.16. The molecular formula is C17H16N2O3. The minimum absolute atomic E-state index is 0.100. The third-order valence-electron chi connectivity index (χ3n) is 5.15. The third-order valence-corrected chi connectivity index (χ3v) is 5.15. The Morgan fingerprint density at radius 2 is 2.32 bits per heavy atom. The molecule has 1 saturated carbocycles. The molecule has 3 atom stereocenters. The first-order valence-corrected chi connectivity index (χ1v) is 7.46. The Morgan fingerprint density at radius 1 is 1.50 bits per heavy atom. The molecule has 1 aliphatic heterocycles. The molecule has 1 aromatic heterocycles. The first-order chi connectivity index (χ1) is 10.5. The fourth-order valence-electron chi connectivity index (χ4n) is 4.24. The van der Waals surface area contributed by atoms with Crippen LogP contribution in [0.2, 0.25) is 0 Å². The van der Waals surface area contributed by atoms with E-state index in [0.717, 1.165) is 19.3 Å². The predicted molar refractivity (Wildman–Crippen MR) is 78.8 cm³/mol. The fourth-order valence-corrected chi connectivity index (χ4v) is 4.24. The molecule has 0 aromatic carbocycles. The van der Waals surface area contributed by atoms with Gasteiger partial charge in [0.25, 0.3) is 0 Å². The molecule has 1 fully saturated rings. The minimum Gasteiger partial charge on any atom is -0.440 e. The number of ether oxygens (including phenoxy) is 1. The second-order valence-electron chi connectivity index (χ2n) is 6.44. The zero-order chi connectivity index (χ0) is 15.5. The number of nitrogens with zero attached hydrogens (tertiary/aromatic N) is 1. The number of hydrogen-bond donors (Lipinski definition) is 1. The number of nitrogens with two attached hydrogens (primary N) is 1. The standard InChI is InChI=1S/C17H16N2O3/c1-9-6-12-13(16(20)21-9)14(11(8-18)15(19)22-12)17-4-2-10(7-17)3-5-17/h2,4,6,10,14H,3,5,7,19H2,1H3/t10-,14+,17-/m0/s1. The van der Waals surface area contributed by atoms with Gasteiger partial charge in [0.15, 0.2) is 0 Å². The normalized spacial score (nSPS) is 31.8. The number of rotatable bonds is 1. The van der Waals surface area contributed by atoms with Gasteiger partial charge in [-0.1, -0.05) is 12.2 Å². The summed E-state index contributed by atoms with van der Waals surface area (Å²) in [7, 11) is 0. The molecule has 0 unspecified atom stereocenters. The van der Waals surface area contributed by atoms with Crippen LogP contribution < -0.4 is 16.1 Å². The van der Waals surface area contributed by atoms with E-state index in [1.165, 1.54) is 0 Å². The van der Waals surface area contributed by atoms with Crippen molar-refractivity contribution in [1.29, 1.82) is 5.26 Å². The molecule has 5 nitrogen and oxygen atoms in total. The van der Waals surface area contributed by atoms with Crippen molar-refractivity contribution in [2.75, 3.05) is 0 Å². The van der Waals surface area contributed by atoms with Crippen LogP contribution in [-0.2, 0) is 0 Å². The van der Waals surface area contributed by atoms with Crippen molar-refractivity contribution in [3.8, 4) is 11.8 Å². The van der Waals surface area contributed by atoms with Gasteiger partial charge in [-0.3, -0.25) is 0 Å². The van der Waals surface area contributed by atoms with E-state index in [1.54, 1.807) is 13.0 Å². The lowest BCUT2D eigenvalue weighted by Crippen LogP contribution is -2.34. The van der Waals surface area contributed by atoms with Crippen molar-refractivity contribution in [2.24, 2.45) is 17.1 Å². The highest BCUT2D eigenvalue weighted by molar-refractivity contribution is 5.52. The van der Waals surface area contributed by atoms with E-state index in [0.29, 0.717) is 28.6 Å². The van der Waals surface area contributed by atoms with E-state index in [1.807, 2.05) is 0 Å². The molecule has 2 N–H and O–H groups in total. The van der Waals surface area contributed by atoms with E-state index in [9.17, 15) is 10.1 Å². The molecule has 3 aliphatic rings. The van der Waals surface area contributed by atoms with E-state index < -0.39 is 5.63 Å². The minimum atomic E-state index is -0.432.